The Morgan fingerprint density at radius 2 is 1.53 bits per heavy atom. The number of pyridine rings is 3. The van der Waals surface area contributed by atoms with E-state index in [9.17, 15) is 0 Å². The number of hydrogen-bond acceptors (Lipinski definition) is 10. The van der Waals surface area contributed by atoms with E-state index in [0.717, 1.165) is 136 Å². The van der Waals surface area contributed by atoms with Gasteiger partial charge in [-0.1, -0.05) is 104 Å². The van der Waals surface area contributed by atoms with Gasteiger partial charge in [0.25, 0.3) is 0 Å². The second kappa shape index (κ2) is 22.5. The van der Waals surface area contributed by atoms with Crippen molar-refractivity contribution in [3.05, 3.63) is 268 Å². The summed E-state index contributed by atoms with van der Waals surface area (Å²) < 4.78 is 17.2. The van der Waals surface area contributed by atoms with Crippen LogP contribution in [-0.2, 0) is 11.2 Å². The number of nitrogens with zero attached hydrogens (tertiary/aromatic N) is 10. The molecule has 7 aliphatic rings. The van der Waals surface area contributed by atoms with E-state index in [2.05, 4.69) is 219 Å². The Labute approximate surface area is 529 Å². The molecule has 1 fully saturated rings. The van der Waals surface area contributed by atoms with E-state index in [1.54, 1.807) is 6.26 Å². The van der Waals surface area contributed by atoms with Crippen LogP contribution in [0.25, 0.3) is 78.2 Å². The van der Waals surface area contributed by atoms with Crippen LogP contribution in [0.1, 0.15) is 85.2 Å². The van der Waals surface area contributed by atoms with Crippen molar-refractivity contribution < 1.29 is 9.15 Å². The Hall–Kier alpha value is -10.6. The predicted molar refractivity (Wildman–Crippen MR) is 369 cm³/mol. The van der Waals surface area contributed by atoms with E-state index in [4.69, 9.17) is 44.1 Å². The normalized spacial score (nSPS) is 21.2. The van der Waals surface area contributed by atoms with Gasteiger partial charge in [0.1, 0.15) is 24.4 Å². The number of ether oxygens (including phenoxy) is 1. The third-order valence-electron chi connectivity index (χ3n) is 18.7. The van der Waals surface area contributed by atoms with Crippen molar-refractivity contribution in [2.24, 2.45) is 38.6 Å². The quantitative estimate of drug-likeness (QED) is 0.0881. The van der Waals surface area contributed by atoms with Crippen LogP contribution in [0.4, 0.5) is 0 Å². The number of dihydropyridines is 1. The van der Waals surface area contributed by atoms with Gasteiger partial charge in [-0.25, -0.2) is 9.98 Å². The number of likely N-dealkylation sites (N-methyl/N-ethyl adjacent to an activating group) is 1. The summed E-state index contributed by atoms with van der Waals surface area (Å²) in [6.45, 7) is 11.0. The lowest BCUT2D eigenvalue weighted by Crippen LogP contribution is -2.21. The van der Waals surface area contributed by atoms with Gasteiger partial charge in [-0.3, -0.25) is 24.1 Å². The maximum atomic E-state index is 6.38. The molecule has 0 bridgehead atoms. The van der Waals surface area contributed by atoms with Crippen LogP contribution in [0, 0.1) is 37.5 Å². The van der Waals surface area contributed by atoms with E-state index in [1.807, 2.05) is 38.4 Å². The van der Waals surface area contributed by atoms with E-state index >= 15 is 0 Å². The SMILES string of the molecule is C/C=C\C(=C(\C1=C=CC=CC(c2ccc3c(c2)c2cnc(C)cc2n3-c2coc(-c3ccc4cc(C5=NC(n6c7c(c8cnc(C)cc86)C=C(c6cccc(C8=NC(C)CC=C8C8=CC9CC9C=C8)n6)CC7)=CCO5)ccc4c3)n2)=N1)N(C)C)C1C=CC=CC1C. The zero-order chi connectivity index (χ0) is 61.6. The first-order valence-electron chi connectivity index (χ1n) is 31.8. The fourth-order valence-corrected chi connectivity index (χ4v) is 14.1. The first kappa shape index (κ1) is 55.7. The lowest BCUT2D eigenvalue weighted by Gasteiger charge is -2.28. The molecule has 446 valence electrons. The first-order chi connectivity index (χ1) is 44.5. The summed E-state index contributed by atoms with van der Waals surface area (Å²) >= 11 is 0. The topological polar surface area (TPSA) is 124 Å². The Morgan fingerprint density at radius 3 is 2.35 bits per heavy atom. The number of rotatable bonds is 12. The van der Waals surface area contributed by atoms with Gasteiger partial charge in [0.2, 0.25) is 11.8 Å². The molecule has 9 aromatic rings. The van der Waals surface area contributed by atoms with Gasteiger partial charge in [0.05, 0.1) is 51.1 Å². The van der Waals surface area contributed by atoms with Crippen LogP contribution < -0.4 is 0 Å². The molecule has 3 aromatic carbocycles. The molecule has 6 aromatic heterocycles. The summed E-state index contributed by atoms with van der Waals surface area (Å²) in [6, 6.07) is 30.1. The van der Waals surface area contributed by atoms with Gasteiger partial charge in [-0.2, -0.15) is 9.98 Å². The summed E-state index contributed by atoms with van der Waals surface area (Å²) in [5, 5.41) is 5.21. The molecular weight excluding hydrogens is 1120 g/mol. The molecule has 0 radical (unpaired) electrons. The molecule has 91 heavy (non-hydrogen) atoms. The Morgan fingerprint density at radius 1 is 0.736 bits per heavy atom. The van der Waals surface area contributed by atoms with Crippen LogP contribution in [0.2, 0.25) is 0 Å². The minimum Gasteiger partial charge on any atom is -0.473 e. The van der Waals surface area contributed by atoms with E-state index in [-0.39, 0.29) is 12.0 Å². The second-order valence-electron chi connectivity index (χ2n) is 25.2. The number of aliphatic imine (C=N–C) groups is 3. The first-order valence-corrected chi connectivity index (χ1v) is 31.8. The van der Waals surface area contributed by atoms with E-state index < -0.39 is 0 Å². The molecular formula is C79H68N10O2. The highest BCUT2D eigenvalue weighted by molar-refractivity contribution is 6.17. The third kappa shape index (κ3) is 10.1. The maximum Gasteiger partial charge on any atom is 0.228 e. The lowest BCUT2D eigenvalue weighted by atomic mass is 9.82. The van der Waals surface area contributed by atoms with Crippen molar-refractivity contribution in [2.75, 3.05) is 20.7 Å². The molecule has 4 aliphatic carbocycles. The highest BCUT2D eigenvalue weighted by Crippen LogP contribution is 2.47. The summed E-state index contributed by atoms with van der Waals surface area (Å²) in [5.74, 6) is 4.50. The van der Waals surface area contributed by atoms with Crippen LogP contribution in [0.15, 0.2) is 242 Å². The number of oxazole rings is 1. The third-order valence-corrected chi connectivity index (χ3v) is 18.7. The number of aryl methyl sites for hydroxylation is 2. The number of hydrogen-bond donors (Lipinski definition) is 0. The molecule has 9 heterocycles. The number of fused-ring (bicyclic) bond motifs is 8. The van der Waals surface area contributed by atoms with Crippen molar-refractivity contribution in [1.82, 2.24) is 34.0 Å². The van der Waals surface area contributed by atoms with Crippen LogP contribution in [-0.4, -0.2) is 78.0 Å². The standard InChI is InChI=1S/C79H68N10O2/c1-8-14-61(59-16-10-9-15-46(59)2)77(87(6)7)69-18-12-11-17-66(84-69)54-29-32-71-63(41-54)65-44-81-49(5)36-73(65)89(71)75-45-91-79(86-75)57-27-24-50-37-56(26-23-51(50)38-57)78-85-74(33-34-90-78)88-70-31-28-55(42-62(70)64-43-80-48(4)35-72(64)88)67-19-13-20-68(83-67)76-60(30-21-47(3)82-76)53-25-22-52-39-58(52)40-53/h8-17,19-20,22-27,29-30,32-33,35-38,40-47,52,58-59H,21,28,31,34,39H2,1-7H3/b14-8-,77-61+. The summed E-state index contributed by atoms with van der Waals surface area (Å²) in [4.78, 5) is 38.2. The Bertz CT molecular complexity index is 5110. The number of allylic oxidation sites excluding steroid dienone is 15. The average molecular weight is 1190 g/mol. The summed E-state index contributed by atoms with van der Waals surface area (Å²) in [5.41, 5.74) is 24.0. The largest absolute Gasteiger partial charge is 0.473 e. The molecule has 3 aliphatic heterocycles. The second-order valence-corrected chi connectivity index (χ2v) is 25.2. The van der Waals surface area contributed by atoms with Crippen LogP contribution in [0.3, 0.4) is 0 Å². The highest BCUT2D eigenvalue weighted by Gasteiger charge is 2.37. The van der Waals surface area contributed by atoms with Gasteiger partial charge in [-0.15, -0.1) is 0 Å². The lowest BCUT2D eigenvalue weighted by molar-refractivity contribution is 0.346. The zero-order valence-electron chi connectivity index (χ0n) is 52.2. The van der Waals surface area contributed by atoms with Gasteiger partial charge < -0.3 is 14.1 Å². The molecule has 1 saturated carbocycles. The zero-order valence-corrected chi connectivity index (χ0v) is 52.2. The molecule has 12 heteroatoms. The predicted octanol–water partition coefficient (Wildman–Crippen LogP) is 16.9. The summed E-state index contributed by atoms with van der Waals surface area (Å²) in [7, 11) is 4.17. The average Bonchev–Trinajstić information content (AvgIpc) is 1.64. The number of benzene rings is 3. The van der Waals surface area contributed by atoms with E-state index in [0.29, 0.717) is 42.0 Å². The van der Waals surface area contributed by atoms with Gasteiger partial charge in [0, 0.05) is 93.5 Å². The molecule has 16 rings (SSSR count). The molecule has 0 amide bonds. The minimum atomic E-state index is 0.196. The fourth-order valence-electron chi connectivity index (χ4n) is 14.1. The monoisotopic (exact) mass is 1190 g/mol. The van der Waals surface area contributed by atoms with Crippen molar-refractivity contribution in [3.8, 4) is 17.3 Å². The van der Waals surface area contributed by atoms with E-state index in [1.165, 1.54) is 34.4 Å². The number of aromatic nitrogens is 6. The van der Waals surface area contributed by atoms with Crippen molar-refractivity contribution >= 4 is 78.3 Å². The van der Waals surface area contributed by atoms with Crippen molar-refractivity contribution in [1.29, 1.82) is 0 Å². The minimum absolute atomic E-state index is 0.196. The maximum absolute atomic E-state index is 6.38. The van der Waals surface area contributed by atoms with Gasteiger partial charge in [0.15, 0.2) is 5.82 Å². The summed E-state index contributed by atoms with van der Waals surface area (Å²) in [6.07, 6.45) is 42.7. The molecule has 5 atom stereocenters. The fraction of sp³-hybridized carbons (Fsp3) is 0.215. The van der Waals surface area contributed by atoms with Crippen LogP contribution in [0.5, 0.6) is 0 Å². The van der Waals surface area contributed by atoms with Crippen molar-refractivity contribution in [2.45, 2.75) is 66.3 Å². The van der Waals surface area contributed by atoms with Crippen molar-refractivity contribution in [3.63, 3.8) is 0 Å². The van der Waals surface area contributed by atoms with Gasteiger partial charge >= 0.3 is 0 Å². The Balaban J connectivity index is 0.680. The van der Waals surface area contributed by atoms with Gasteiger partial charge in [-0.05, 0) is 184 Å². The smallest absolute Gasteiger partial charge is 0.228 e. The molecule has 5 unspecified atom stereocenters. The molecule has 0 spiro atoms. The molecule has 12 nitrogen and oxygen atoms in total. The highest BCUT2D eigenvalue weighted by atomic mass is 16.5. The van der Waals surface area contributed by atoms with Crippen LogP contribution >= 0.6 is 0 Å². The Kier molecular flexibility index (Phi) is 13.8. The molecule has 0 N–H and O–H groups in total. The molecule has 0 saturated heterocycles.